The van der Waals surface area contributed by atoms with Gasteiger partial charge in [0.15, 0.2) is 5.82 Å². The molecule has 0 fully saturated rings. The monoisotopic (exact) mass is 739 g/mol. The second-order valence-corrected chi connectivity index (χ2v) is 14.8. The molecule has 1 aliphatic heterocycles. The van der Waals surface area contributed by atoms with Gasteiger partial charge in [-0.15, -0.1) is 0 Å². The summed E-state index contributed by atoms with van der Waals surface area (Å²) in [7, 11) is 0. The van der Waals surface area contributed by atoms with Crippen molar-refractivity contribution in [2.75, 3.05) is 0 Å². The molecule has 11 rings (SSSR count). The molecule has 1 spiro atoms. The maximum absolute atomic E-state index is 9.57. The summed E-state index contributed by atoms with van der Waals surface area (Å²) < 4.78 is 6.64. The Morgan fingerprint density at radius 3 is 1.55 bits per heavy atom. The second-order valence-electron chi connectivity index (χ2n) is 14.8. The smallest absolute Gasteiger partial charge is 0.160 e. The molecule has 58 heavy (non-hydrogen) atoms. The molecule has 0 unspecified atom stereocenters. The summed E-state index contributed by atoms with van der Waals surface area (Å²) in [6.45, 7) is 0. The van der Waals surface area contributed by atoms with Crippen LogP contribution in [0.25, 0.3) is 67.3 Å². The van der Waals surface area contributed by atoms with E-state index in [1.807, 2.05) is 60.7 Å². The molecule has 270 valence electrons. The lowest BCUT2D eigenvalue weighted by molar-refractivity contribution is 0.436. The third kappa shape index (κ3) is 5.22. The number of benzene rings is 8. The van der Waals surface area contributed by atoms with Crippen LogP contribution in [0.3, 0.4) is 0 Å². The highest BCUT2D eigenvalue weighted by molar-refractivity contribution is 5.97. The average molecular weight is 740 g/mol. The number of ether oxygens (including phenoxy) is 1. The number of para-hydroxylation sites is 2. The summed E-state index contributed by atoms with van der Waals surface area (Å²) >= 11 is 0. The molecule has 0 radical (unpaired) electrons. The Kier molecular flexibility index (Phi) is 7.74. The molecule has 0 saturated heterocycles. The molecule has 2 heterocycles. The van der Waals surface area contributed by atoms with Gasteiger partial charge in [-0.25, -0.2) is 9.97 Å². The number of rotatable bonds is 5. The Morgan fingerprint density at radius 2 is 0.931 bits per heavy atom. The van der Waals surface area contributed by atoms with E-state index >= 15 is 0 Å². The van der Waals surface area contributed by atoms with Crippen LogP contribution in [-0.4, -0.2) is 9.97 Å². The van der Waals surface area contributed by atoms with Crippen molar-refractivity contribution in [1.29, 1.82) is 5.26 Å². The molecule has 9 aromatic rings. The van der Waals surface area contributed by atoms with Crippen LogP contribution < -0.4 is 4.74 Å². The number of aromatic nitrogens is 2. The van der Waals surface area contributed by atoms with Crippen LogP contribution >= 0.6 is 0 Å². The van der Waals surface area contributed by atoms with Crippen molar-refractivity contribution in [3.05, 3.63) is 228 Å². The molecule has 1 aliphatic carbocycles. The SMILES string of the molecule is N#Cc1ccc(-c2cccc3c2-c2ccc(-c4ccc(-c5nc(-c6ccccc6)cc(-c6ccccc6)n5)cc4)cc2C32c3ccccc3Oc3ccccc32)cc1. The zero-order valence-electron chi connectivity index (χ0n) is 31.3. The van der Waals surface area contributed by atoms with Crippen LogP contribution in [0, 0.1) is 11.3 Å². The average Bonchev–Trinajstić information content (AvgIpc) is 3.59. The lowest BCUT2D eigenvalue weighted by Crippen LogP contribution is -2.32. The topological polar surface area (TPSA) is 58.8 Å². The van der Waals surface area contributed by atoms with Crippen molar-refractivity contribution in [3.63, 3.8) is 0 Å². The van der Waals surface area contributed by atoms with E-state index in [0.717, 1.165) is 73.0 Å². The fourth-order valence-corrected chi connectivity index (χ4v) is 8.99. The van der Waals surface area contributed by atoms with E-state index < -0.39 is 5.41 Å². The highest BCUT2D eigenvalue weighted by Gasteiger charge is 2.51. The molecule has 4 heteroatoms. The molecule has 0 atom stereocenters. The number of nitriles is 1. The molecular weight excluding hydrogens is 707 g/mol. The molecule has 0 N–H and O–H groups in total. The van der Waals surface area contributed by atoms with Crippen molar-refractivity contribution < 1.29 is 4.74 Å². The summed E-state index contributed by atoms with van der Waals surface area (Å²) in [5, 5.41) is 9.57. The van der Waals surface area contributed by atoms with Gasteiger partial charge in [-0.05, 0) is 80.9 Å². The molecule has 0 bridgehead atoms. The van der Waals surface area contributed by atoms with E-state index in [-0.39, 0.29) is 0 Å². The number of hydrogen-bond donors (Lipinski definition) is 0. The Labute approximate surface area is 337 Å². The Bertz CT molecular complexity index is 2970. The molecule has 4 nitrogen and oxygen atoms in total. The minimum atomic E-state index is -0.631. The predicted octanol–water partition coefficient (Wildman–Crippen LogP) is 13.2. The molecule has 1 aromatic heterocycles. The number of fused-ring (bicyclic) bond motifs is 9. The van der Waals surface area contributed by atoms with E-state index in [1.165, 1.54) is 22.3 Å². The highest BCUT2D eigenvalue weighted by atomic mass is 16.5. The highest BCUT2D eigenvalue weighted by Crippen LogP contribution is 2.63. The minimum Gasteiger partial charge on any atom is -0.457 e. The Morgan fingerprint density at radius 1 is 0.397 bits per heavy atom. The fourth-order valence-electron chi connectivity index (χ4n) is 8.99. The van der Waals surface area contributed by atoms with Crippen LogP contribution in [0.5, 0.6) is 11.5 Å². The normalized spacial score (nSPS) is 12.7. The number of nitrogens with zero attached hydrogens (tertiary/aromatic N) is 3. The van der Waals surface area contributed by atoms with E-state index in [4.69, 9.17) is 14.7 Å². The van der Waals surface area contributed by atoms with Gasteiger partial charge in [0, 0.05) is 27.8 Å². The predicted molar refractivity (Wildman–Crippen MR) is 231 cm³/mol. The molecular formula is C54H33N3O. The first-order chi connectivity index (χ1) is 28.7. The van der Waals surface area contributed by atoms with Gasteiger partial charge in [0.2, 0.25) is 0 Å². The van der Waals surface area contributed by atoms with Crippen molar-refractivity contribution >= 4 is 0 Å². The van der Waals surface area contributed by atoms with Gasteiger partial charge in [0.25, 0.3) is 0 Å². The van der Waals surface area contributed by atoms with Crippen LogP contribution in [0.4, 0.5) is 0 Å². The van der Waals surface area contributed by atoms with E-state index in [9.17, 15) is 5.26 Å². The summed E-state index contributed by atoms with van der Waals surface area (Å²) in [5.41, 5.74) is 16.3. The third-order valence-electron chi connectivity index (χ3n) is 11.6. The van der Waals surface area contributed by atoms with Crippen molar-refractivity contribution in [2.45, 2.75) is 5.41 Å². The Balaban J connectivity index is 1.08. The van der Waals surface area contributed by atoms with Crippen molar-refractivity contribution in [2.24, 2.45) is 0 Å². The van der Waals surface area contributed by atoms with Gasteiger partial charge < -0.3 is 4.74 Å². The lowest BCUT2D eigenvalue weighted by Gasteiger charge is -2.39. The maximum Gasteiger partial charge on any atom is 0.160 e. The van der Waals surface area contributed by atoms with Crippen LogP contribution in [0.2, 0.25) is 0 Å². The van der Waals surface area contributed by atoms with Gasteiger partial charge >= 0.3 is 0 Å². The van der Waals surface area contributed by atoms with Gasteiger partial charge in [-0.2, -0.15) is 5.26 Å². The van der Waals surface area contributed by atoms with Crippen LogP contribution in [0.15, 0.2) is 200 Å². The van der Waals surface area contributed by atoms with E-state index in [2.05, 4.69) is 146 Å². The zero-order chi connectivity index (χ0) is 38.6. The quantitative estimate of drug-likeness (QED) is 0.176. The van der Waals surface area contributed by atoms with E-state index in [1.54, 1.807) is 0 Å². The summed E-state index contributed by atoms with van der Waals surface area (Å²) in [6.07, 6.45) is 0. The summed E-state index contributed by atoms with van der Waals surface area (Å²) in [6, 6.07) is 71.9. The van der Waals surface area contributed by atoms with Crippen molar-refractivity contribution in [3.8, 4) is 84.9 Å². The first kappa shape index (κ1) is 33.5. The minimum absolute atomic E-state index is 0.631. The van der Waals surface area contributed by atoms with Crippen molar-refractivity contribution in [1.82, 2.24) is 9.97 Å². The van der Waals surface area contributed by atoms with E-state index in [0.29, 0.717) is 11.4 Å². The zero-order valence-corrected chi connectivity index (χ0v) is 31.3. The molecule has 0 saturated carbocycles. The Hall–Kier alpha value is -7.87. The van der Waals surface area contributed by atoms with Crippen LogP contribution in [0.1, 0.15) is 27.8 Å². The first-order valence-electron chi connectivity index (χ1n) is 19.5. The third-order valence-corrected chi connectivity index (χ3v) is 11.6. The van der Waals surface area contributed by atoms with Gasteiger partial charge in [-0.3, -0.25) is 0 Å². The lowest BCUT2D eigenvalue weighted by atomic mass is 9.65. The van der Waals surface area contributed by atoms with Crippen LogP contribution in [-0.2, 0) is 5.41 Å². The summed E-state index contributed by atoms with van der Waals surface area (Å²) in [5.74, 6) is 2.39. The second kappa shape index (κ2) is 13.4. The number of hydrogen-bond acceptors (Lipinski definition) is 4. The first-order valence-corrected chi connectivity index (χ1v) is 19.5. The van der Waals surface area contributed by atoms with Gasteiger partial charge in [-0.1, -0.05) is 164 Å². The fraction of sp³-hybridized carbons (Fsp3) is 0.0185. The molecule has 2 aliphatic rings. The molecule has 8 aromatic carbocycles. The molecule has 0 amide bonds. The van der Waals surface area contributed by atoms with Gasteiger partial charge in [0.1, 0.15) is 11.5 Å². The summed E-state index contributed by atoms with van der Waals surface area (Å²) in [4.78, 5) is 10.2. The standard InChI is InChI=1S/C54H33N3O/c55-34-35-22-24-37(25-23-35)42-16-11-19-46-52(42)43-31-30-41(32-47(43)54(46)44-17-7-9-20-50(44)58-51-21-10-8-18-45(51)54)36-26-28-40(29-27-36)53-56-48(38-12-3-1-4-13-38)33-49(57-53)39-14-5-2-6-15-39/h1-33H. The maximum atomic E-state index is 9.57. The largest absolute Gasteiger partial charge is 0.457 e. The van der Waals surface area contributed by atoms with Gasteiger partial charge in [0.05, 0.1) is 28.4 Å².